The van der Waals surface area contributed by atoms with Crippen molar-refractivity contribution in [1.29, 1.82) is 5.26 Å². The summed E-state index contributed by atoms with van der Waals surface area (Å²) < 4.78 is 6.77. The van der Waals surface area contributed by atoms with E-state index >= 15 is 0 Å². The molecule has 2 aromatic carbocycles. The van der Waals surface area contributed by atoms with Crippen molar-refractivity contribution in [3.05, 3.63) is 57.8 Å². The van der Waals surface area contributed by atoms with E-state index in [9.17, 15) is 5.26 Å². The molecule has 0 unspecified atom stereocenters. The number of H-pyrrole nitrogens is 1. The van der Waals surface area contributed by atoms with Crippen molar-refractivity contribution < 1.29 is 4.74 Å². The Kier molecular flexibility index (Phi) is 4.91. The minimum absolute atomic E-state index is 0.0491. The molecule has 0 atom stereocenters. The number of nitriles is 1. The molecular weight excluding hydrogens is 378 g/mol. The highest BCUT2D eigenvalue weighted by molar-refractivity contribution is 9.10. The molecule has 1 aromatic heterocycles. The molecule has 1 N–H and O–H groups in total. The van der Waals surface area contributed by atoms with Crippen LogP contribution in [0, 0.1) is 18.3 Å². The number of aromatic amines is 1. The van der Waals surface area contributed by atoms with Crippen LogP contribution < -0.4 is 4.74 Å². The van der Waals surface area contributed by atoms with Crippen molar-refractivity contribution in [1.82, 2.24) is 9.97 Å². The zero-order valence-electron chi connectivity index (χ0n) is 14.3. The highest BCUT2D eigenvalue weighted by Gasteiger charge is 2.11. The Morgan fingerprint density at radius 2 is 2.08 bits per heavy atom. The van der Waals surface area contributed by atoms with E-state index < -0.39 is 0 Å². The van der Waals surface area contributed by atoms with Crippen LogP contribution in [0.2, 0.25) is 0 Å². The molecule has 1 heterocycles. The lowest BCUT2D eigenvalue weighted by Crippen LogP contribution is -2.06. The van der Waals surface area contributed by atoms with Crippen molar-refractivity contribution >= 4 is 38.6 Å². The predicted molar refractivity (Wildman–Crippen MR) is 104 cm³/mol. The summed E-state index contributed by atoms with van der Waals surface area (Å²) in [5.41, 5.74) is 4.19. The Morgan fingerprint density at radius 3 is 2.80 bits per heavy atom. The summed E-state index contributed by atoms with van der Waals surface area (Å²) in [5.74, 6) is 1.29. The van der Waals surface area contributed by atoms with Gasteiger partial charge in [0, 0.05) is 10.0 Å². The van der Waals surface area contributed by atoms with Gasteiger partial charge in [0.25, 0.3) is 0 Å². The Hall–Kier alpha value is -2.58. The fourth-order valence-electron chi connectivity index (χ4n) is 2.55. The Morgan fingerprint density at radius 1 is 1.28 bits per heavy atom. The number of aryl methyl sites for hydroxylation is 1. The number of imidazole rings is 1. The van der Waals surface area contributed by atoms with Crippen LogP contribution >= 0.6 is 15.9 Å². The molecule has 0 saturated carbocycles. The number of fused-ring (bicyclic) bond motifs is 1. The van der Waals surface area contributed by atoms with Gasteiger partial charge in [0.05, 0.1) is 22.7 Å². The normalized spacial score (nSPS) is 11.8. The van der Waals surface area contributed by atoms with E-state index in [-0.39, 0.29) is 6.10 Å². The SMILES string of the molecule is Cc1ccc2nc(/C(C#N)=C\c3cc(Br)ccc3OC(C)C)[nH]c2c1. The molecule has 126 valence electrons. The molecular formula is C20H18BrN3O. The first kappa shape index (κ1) is 17.2. The number of aromatic nitrogens is 2. The number of halogens is 1. The van der Waals surface area contributed by atoms with Gasteiger partial charge in [-0.05, 0) is 62.7 Å². The predicted octanol–water partition coefficient (Wildman–Crippen LogP) is 5.49. The summed E-state index contributed by atoms with van der Waals surface area (Å²) in [6.07, 6.45) is 1.85. The summed E-state index contributed by atoms with van der Waals surface area (Å²) in [7, 11) is 0. The maximum atomic E-state index is 9.63. The number of allylic oxidation sites excluding steroid dienone is 1. The smallest absolute Gasteiger partial charge is 0.149 e. The van der Waals surface area contributed by atoms with Crippen LogP contribution in [0.3, 0.4) is 0 Å². The summed E-state index contributed by atoms with van der Waals surface area (Å²) in [6, 6.07) is 14.0. The lowest BCUT2D eigenvalue weighted by molar-refractivity contribution is 0.242. The Balaban J connectivity index is 2.08. The van der Waals surface area contributed by atoms with E-state index in [0.29, 0.717) is 11.4 Å². The van der Waals surface area contributed by atoms with E-state index in [0.717, 1.165) is 32.4 Å². The summed E-state index contributed by atoms with van der Waals surface area (Å²) in [6.45, 7) is 5.97. The van der Waals surface area contributed by atoms with Crippen LogP contribution in [0.5, 0.6) is 5.75 Å². The van der Waals surface area contributed by atoms with E-state index in [2.05, 4.69) is 32.0 Å². The van der Waals surface area contributed by atoms with Gasteiger partial charge in [-0.15, -0.1) is 0 Å². The fraction of sp³-hybridized carbons (Fsp3) is 0.200. The maximum absolute atomic E-state index is 9.63. The Bertz CT molecular complexity index is 996. The van der Waals surface area contributed by atoms with Crippen LogP contribution in [0.1, 0.15) is 30.8 Å². The maximum Gasteiger partial charge on any atom is 0.149 e. The molecule has 0 aliphatic carbocycles. The molecule has 5 heteroatoms. The Labute approximate surface area is 155 Å². The van der Waals surface area contributed by atoms with Gasteiger partial charge in [-0.25, -0.2) is 4.98 Å². The number of hydrogen-bond donors (Lipinski definition) is 1. The first-order valence-electron chi connectivity index (χ1n) is 8.01. The molecule has 25 heavy (non-hydrogen) atoms. The molecule has 0 aliphatic rings. The van der Waals surface area contributed by atoms with Crippen molar-refractivity contribution in [2.75, 3.05) is 0 Å². The summed E-state index contributed by atoms with van der Waals surface area (Å²) >= 11 is 3.48. The molecule has 0 saturated heterocycles. The molecule has 0 bridgehead atoms. The van der Waals surface area contributed by atoms with Crippen molar-refractivity contribution in [2.45, 2.75) is 26.9 Å². The van der Waals surface area contributed by atoms with Crippen molar-refractivity contribution in [3.63, 3.8) is 0 Å². The lowest BCUT2D eigenvalue weighted by atomic mass is 10.1. The van der Waals surface area contributed by atoms with E-state index in [1.807, 2.05) is 57.2 Å². The number of nitrogens with zero attached hydrogens (tertiary/aromatic N) is 2. The van der Waals surface area contributed by atoms with Crippen LogP contribution in [0.4, 0.5) is 0 Å². The minimum Gasteiger partial charge on any atom is -0.490 e. The third-order valence-corrected chi connectivity index (χ3v) is 4.14. The topological polar surface area (TPSA) is 61.7 Å². The highest BCUT2D eigenvalue weighted by Crippen LogP contribution is 2.28. The number of benzene rings is 2. The van der Waals surface area contributed by atoms with Gasteiger partial charge in [-0.2, -0.15) is 5.26 Å². The first-order valence-corrected chi connectivity index (χ1v) is 8.80. The zero-order valence-corrected chi connectivity index (χ0v) is 15.9. The third kappa shape index (κ3) is 3.92. The van der Waals surface area contributed by atoms with Gasteiger partial charge < -0.3 is 9.72 Å². The standard InChI is InChI=1S/C20H18BrN3O/c1-12(2)25-19-7-5-16(21)10-14(19)9-15(11-22)20-23-17-6-4-13(3)8-18(17)24-20/h4-10,12H,1-3H3,(H,23,24)/b15-9-. The highest BCUT2D eigenvalue weighted by atomic mass is 79.9. The largest absolute Gasteiger partial charge is 0.490 e. The minimum atomic E-state index is 0.0491. The lowest BCUT2D eigenvalue weighted by Gasteiger charge is -2.13. The van der Waals surface area contributed by atoms with E-state index in [1.54, 1.807) is 6.08 Å². The van der Waals surface area contributed by atoms with Crippen LogP contribution in [-0.2, 0) is 0 Å². The van der Waals surface area contributed by atoms with Gasteiger partial charge in [-0.1, -0.05) is 22.0 Å². The van der Waals surface area contributed by atoms with Crippen molar-refractivity contribution in [2.24, 2.45) is 0 Å². The van der Waals surface area contributed by atoms with Crippen LogP contribution in [-0.4, -0.2) is 16.1 Å². The molecule has 4 nitrogen and oxygen atoms in total. The van der Waals surface area contributed by atoms with Crippen molar-refractivity contribution in [3.8, 4) is 11.8 Å². The van der Waals surface area contributed by atoms with Gasteiger partial charge in [-0.3, -0.25) is 0 Å². The van der Waals surface area contributed by atoms with Gasteiger partial charge in [0.15, 0.2) is 0 Å². The molecule has 3 rings (SSSR count). The molecule has 0 radical (unpaired) electrons. The third-order valence-electron chi connectivity index (χ3n) is 3.65. The van der Waals surface area contributed by atoms with Gasteiger partial charge in [0.1, 0.15) is 17.6 Å². The average Bonchev–Trinajstić information content (AvgIpc) is 2.97. The summed E-state index contributed by atoms with van der Waals surface area (Å²) in [5, 5.41) is 9.63. The number of ether oxygens (including phenoxy) is 1. The first-order chi connectivity index (χ1) is 12.0. The van der Waals surface area contributed by atoms with Crippen LogP contribution in [0.15, 0.2) is 40.9 Å². The van der Waals surface area contributed by atoms with E-state index in [1.165, 1.54) is 0 Å². The molecule has 0 amide bonds. The number of nitrogens with one attached hydrogen (secondary N) is 1. The molecule has 0 spiro atoms. The number of hydrogen-bond acceptors (Lipinski definition) is 3. The molecule has 0 fully saturated rings. The second kappa shape index (κ2) is 7.12. The molecule has 0 aliphatic heterocycles. The molecule has 3 aromatic rings. The summed E-state index contributed by atoms with van der Waals surface area (Å²) in [4.78, 5) is 7.76. The average molecular weight is 396 g/mol. The second-order valence-electron chi connectivity index (χ2n) is 6.12. The van der Waals surface area contributed by atoms with Crippen LogP contribution in [0.25, 0.3) is 22.7 Å². The van der Waals surface area contributed by atoms with E-state index in [4.69, 9.17) is 4.74 Å². The zero-order chi connectivity index (χ0) is 18.0. The number of rotatable bonds is 4. The monoisotopic (exact) mass is 395 g/mol. The quantitative estimate of drug-likeness (QED) is 0.594. The second-order valence-corrected chi connectivity index (χ2v) is 7.04. The van der Waals surface area contributed by atoms with Gasteiger partial charge in [0.2, 0.25) is 0 Å². The van der Waals surface area contributed by atoms with Gasteiger partial charge >= 0.3 is 0 Å². The fourth-order valence-corrected chi connectivity index (χ4v) is 2.93.